The predicted molar refractivity (Wildman–Crippen MR) is 57.9 cm³/mol. The largest absolute Gasteiger partial charge is 0.477 e. The lowest BCUT2D eigenvalue weighted by atomic mass is 10.2. The first kappa shape index (κ1) is 12.2. The minimum Gasteiger partial charge on any atom is -0.477 e. The smallest absolute Gasteiger partial charge is 0.342 e. The molecular weight excluding hydrogens is 212 g/mol. The number of rotatable bonds is 4. The van der Waals surface area contributed by atoms with E-state index < -0.39 is 22.8 Å². The number of aromatic nitrogens is 2. The molecule has 0 aliphatic carbocycles. The molecule has 1 aromatic rings. The van der Waals surface area contributed by atoms with Crippen LogP contribution in [0, 0.1) is 0 Å². The number of carboxylic acids is 1. The molecular formula is C10H14N2O4. The average Bonchev–Trinajstić information content (AvgIpc) is 2.17. The molecule has 1 heterocycles. The van der Waals surface area contributed by atoms with Gasteiger partial charge in [-0.3, -0.25) is 14.3 Å². The summed E-state index contributed by atoms with van der Waals surface area (Å²) in [5.41, 5.74) is -1.85. The minimum atomic E-state index is -1.33. The molecule has 0 bridgehead atoms. The van der Waals surface area contributed by atoms with Crippen LogP contribution in [0.3, 0.4) is 0 Å². The fourth-order valence-corrected chi connectivity index (χ4v) is 1.52. The Kier molecular flexibility index (Phi) is 3.65. The van der Waals surface area contributed by atoms with E-state index in [0.29, 0.717) is 0 Å². The number of nitrogens with one attached hydrogen (secondary N) is 1. The van der Waals surface area contributed by atoms with Crippen molar-refractivity contribution in [2.24, 2.45) is 0 Å². The summed E-state index contributed by atoms with van der Waals surface area (Å²) in [5.74, 6) is -1.33. The number of aromatic carboxylic acids is 1. The lowest BCUT2D eigenvalue weighted by Gasteiger charge is -2.13. The van der Waals surface area contributed by atoms with Crippen molar-refractivity contribution in [1.29, 1.82) is 0 Å². The molecule has 1 unspecified atom stereocenters. The van der Waals surface area contributed by atoms with E-state index in [1.807, 2.05) is 11.9 Å². The molecule has 16 heavy (non-hydrogen) atoms. The number of carbonyl (C=O) groups is 1. The van der Waals surface area contributed by atoms with Gasteiger partial charge in [0.05, 0.1) is 0 Å². The Labute approximate surface area is 91.5 Å². The summed E-state index contributed by atoms with van der Waals surface area (Å²) < 4.78 is 1.24. The summed E-state index contributed by atoms with van der Waals surface area (Å²) in [5, 5.41) is 8.76. The van der Waals surface area contributed by atoms with Crippen LogP contribution in [0.1, 0.15) is 43.1 Å². The maximum atomic E-state index is 11.4. The highest BCUT2D eigenvalue weighted by Gasteiger charge is 2.14. The normalized spacial score (nSPS) is 12.4. The lowest BCUT2D eigenvalue weighted by Crippen LogP contribution is -2.34. The molecule has 0 aliphatic rings. The Morgan fingerprint density at radius 2 is 2.19 bits per heavy atom. The van der Waals surface area contributed by atoms with Crippen LogP contribution in [-0.2, 0) is 0 Å². The van der Waals surface area contributed by atoms with Crippen LogP contribution in [0.4, 0.5) is 0 Å². The zero-order valence-electron chi connectivity index (χ0n) is 9.19. The maximum Gasteiger partial charge on any atom is 0.342 e. The van der Waals surface area contributed by atoms with Crippen molar-refractivity contribution in [2.75, 3.05) is 0 Å². The van der Waals surface area contributed by atoms with Crippen LogP contribution < -0.4 is 11.2 Å². The van der Waals surface area contributed by atoms with Gasteiger partial charge in [-0.25, -0.2) is 9.59 Å². The SMILES string of the molecule is CCCC(C)n1cc(C(=O)O)c(=O)[nH]c1=O. The summed E-state index contributed by atoms with van der Waals surface area (Å²) in [6.45, 7) is 3.76. The Hall–Kier alpha value is -1.85. The van der Waals surface area contributed by atoms with E-state index in [-0.39, 0.29) is 6.04 Å². The van der Waals surface area contributed by atoms with Gasteiger partial charge < -0.3 is 5.11 Å². The van der Waals surface area contributed by atoms with Crippen molar-refractivity contribution in [3.63, 3.8) is 0 Å². The van der Waals surface area contributed by atoms with E-state index in [2.05, 4.69) is 0 Å². The van der Waals surface area contributed by atoms with Crippen LogP contribution >= 0.6 is 0 Å². The molecule has 0 radical (unpaired) electrons. The maximum absolute atomic E-state index is 11.4. The number of H-pyrrole nitrogens is 1. The number of hydrogen-bond donors (Lipinski definition) is 2. The lowest BCUT2D eigenvalue weighted by molar-refractivity contribution is 0.0693. The highest BCUT2D eigenvalue weighted by Crippen LogP contribution is 2.09. The number of aromatic amines is 1. The zero-order chi connectivity index (χ0) is 12.3. The van der Waals surface area contributed by atoms with Gasteiger partial charge in [0.25, 0.3) is 5.56 Å². The first-order chi connectivity index (χ1) is 7.47. The van der Waals surface area contributed by atoms with E-state index in [1.54, 1.807) is 6.92 Å². The molecule has 0 fully saturated rings. The van der Waals surface area contributed by atoms with Gasteiger partial charge in [-0.15, -0.1) is 0 Å². The van der Waals surface area contributed by atoms with Gasteiger partial charge in [0, 0.05) is 12.2 Å². The number of carboxylic acid groups (broad SMARTS) is 1. The molecule has 0 saturated carbocycles. The molecule has 0 amide bonds. The molecule has 0 saturated heterocycles. The summed E-state index contributed by atoms with van der Waals surface area (Å²) in [6, 6.07) is -0.132. The Balaban J connectivity index is 3.30. The van der Waals surface area contributed by atoms with Crippen molar-refractivity contribution < 1.29 is 9.90 Å². The van der Waals surface area contributed by atoms with Gasteiger partial charge in [0.15, 0.2) is 0 Å². The van der Waals surface area contributed by atoms with Crippen LogP contribution in [-0.4, -0.2) is 20.6 Å². The second-order valence-electron chi connectivity index (χ2n) is 3.65. The summed E-state index contributed by atoms with van der Waals surface area (Å²) in [6.07, 6.45) is 2.71. The zero-order valence-corrected chi connectivity index (χ0v) is 9.19. The van der Waals surface area contributed by atoms with Crippen molar-refractivity contribution in [1.82, 2.24) is 9.55 Å². The second kappa shape index (κ2) is 4.78. The standard InChI is InChI=1S/C10H14N2O4/c1-3-4-6(2)12-5-7(9(14)15)8(13)11-10(12)16/h5-6H,3-4H2,1-2H3,(H,14,15)(H,11,13,16). The third-order valence-electron chi connectivity index (χ3n) is 2.38. The average molecular weight is 226 g/mol. The number of hydrogen-bond acceptors (Lipinski definition) is 3. The van der Waals surface area contributed by atoms with Gasteiger partial charge in [0.1, 0.15) is 5.56 Å². The van der Waals surface area contributed by atoms with Gasteiger partial charge >= 0.3 is 11.7 Å². The third kappa shape index (κ3) is 2.39. The van der Waals surface area contributed by atoms with E-state index in [4.69, 9.17) is 5.11 Å². The fourth-order valence-electron chi connectivity index (χ4n) is 1.52. The molecule has 6 heteroatoms. The van der Waals surface area contributed by atoms with E-state index in [1.165, 1.54) is 4.57 Å². The van der Waals surface area contributed by atoms with Crippen LogP contribution in [0.25, 0.3) is 0 Å². The van der Waals surface area contributed by atoms with Gasteiger partial charge in [-0.05, 0) is 13.3 Å². The molecule has 2 N–H and O–H groups in total. The van der Waals surface area contributed by atoms with E-state index in [0.717, 1.165) is 19.0 Å². The molecule has 0 aromatic carbocycles. The van der Waals surface area contributed by atoms with Crippen LogP contribution in [0.2, 0.25) is 0 Å². The quantitative estimate of drug-likeness (QED) is 0.786. The molecule has 6 nitrogen and oxygen atoms in total. The predicted octanol–water partition coefficient (Wildman–Crippen LogP) is 0.596. The molecule has 88 valence electrons. The fraction of sp³-hybridized carbons (Fsp3) is 0.500. The summed E-state index contributed by atoms with van der Waals surface area (Å²) in [7, 11) is 0. The molecule has 0 spiro atoms. The Bertz CT molecular complexity index is 500. The van der Waals surface area contributed by atoms with Crippen LogP contribution in [0.15, 0.2) is 15.8 Å². The molecule has 0 aliphatic heterocycles. The number of nitrogens with zero attached hydrogens (tertiary/aromatic N) is 1. The third-order valence-corrected chi connectivity index (χ3v) is 2.38. The van der Waals surface area contributed by atoms with Crippen molar-refractivity contribution >= 4 is 5.97 Å². The van der Waals surface area contributed by atoms with Gasteiger partial charge in [0.2, 0.25) is 0 Å². The van der Waals surface area contributed by atoms with E-state index in [9.17, 15) is 14.4 Å². The minimum absolute atomic E-state index is 0.132. The van der Waals surface area contributed by atoms with Gasteiger partial charge in [-0.2, -0.15) is 0 Å². The molecule has 1 atom stereocenters. The highest BCUT2D eigenvalue weighted by molar-refractivity contribution is 5.86. The van der Waals surface area contributed by atoms with Crippen LogP contribution in [0.5, 0.6) is 0 Å². The molecule has 1 aromatic heterocycles. The second-order valence-corrected chi connectivity index (χ2v) is 3.65. The monoisotopic (exact) mass is 226 g/mol. The van der Waals surface area contributed by atoms with Crippen molar-refractivity contribution in [2.45, 2.75) is 32.7 Å². The first-order valence-corrected chi connectivity index (χ1v) is 5.06. The first-order valence-electron chi connectivity index (χ1n) is 5.06. The summed E-state index contributed by atoms with van der Waals surface area (Å²) >= 11 is 0. The molecule has 1 rings (SSSR count). The summed E-state index contributed by atoms with van der Waals surface area (Å²) in [4.78, 5) is 35.3. The van der Waals surface area contributed by atoms with Crippen molar-refractivity contribution in [3.8, 4) is 0 Å². The van der Waals surface area contributed by atoms with Crippen molar-refractivity contribution in [3.05, 3.63) is 32.6 Å². The highest BCUT2D eigenvalue weighted by atomic mass is 16.4. The van der Waals surface area contributed by atoms with Gasteiger partial charge in [-0.1, -0.05) is 13.3 Å². The topological polar surface area (TPSA) is 92.2 Å². The Morgan fingerprint density at radius 3 is 2.69 bits per heavy atom. The Morgan fingerprint density at radius 1 is 1.56 bits per heavy atom. The van der Waals surface area contributed by atoms with E-state index >= 15 is 0 Å².